The normalized spacial score (nSPS) is 12.3. The topological polar surface area (TPSA) is 78.9 Å². The van der Waals surface area contributed by atoms with Crippen molar-refractivity contribution in [3.05, 3.63) is 48.6 Å². The third-order valence-corrected chi connectivity index (χ3v) is 14.6. The quantitative estimate of drug-likeness (QED) is 0.0261. The number of hydrogen-bond acceptors (Lipinski definition) is 6. The van der Waals surface area contributed by atoms with Gasteiger partial charge in [-0.3, -0.25) is 14.4 Å². The fraction of sp³-hybridized carbons (Fsp3) is 0.838. The molecule has 0 N–H and O–H groups in total. The predicted molar refractivity (Wildman–Crippen MR) is 321 cm³/mol. The van der Waals surface area contributed by atoms with Gasteiger partial charge < -0.3 is 14.2 Å². The zero-order chi connectivity index (χ0) is 53.6. The molecule has 0 radical (unpaired) electrons. The van der Waals surface area contributed by atoms with Crippen molar-refractivity contribution in [2.24, 2.45) is 0 Å². The first kappa shape index (κ1) is 71.4. The van der Waals surface area contributed by atoms with E-state index in [9.17, 15) is 14.4 Å². The Morgan fingerprint density at radius 2 is 0.486 bits per heavy atom. The first-order valence-corrected chi connectivity index (χ1v) is 32.6. The molecule has 0 saturated carbocycles. The molecule has 0 bridgehead atoms. The van der Waals surface area contributed by atoms with E-state index < -0.39 is 6.10 Å². The second kappa shape index (κ2) is 62.9. The number of carbonyl (C=O) groups excluding carboxylic acids is 3. The van der Waals surface area contributed by atoms with Crippen LogP contribution in [0, 0.1) is 0 Å². The molecule has 74 heavy (non-hydrogen) atoms. The molecule has 0 aliphatic carbocycles. The summed E-state index contributed by atoms with van der Waals surface area (Å²) in [4.78, 5) is 38.3. The molecule has 0 saturated heterocycles. The van der Waals surface area contributed by atoms with E-state index in [4.69, 9.17) is 14.2 Å². The lowest BCUT2D eigenvalue weighted by Gasteiger charge is -2.18. The zero-order valence-electron chi connectivity index (χ0n) is 49.6. The summed E-state index contributed by atoms with van der Waals surface area (Å²) in [6.07, 6.45) is 78.3. The van der Waals surface area contributed by atoms with Crippen LogP contribution in [0.5, 0.6) is 0 Å². The fourth-order valence-corrected chi connectivity index (χ4v) is 9.62. The Kier molecular flexibility index (Phi) is 60.7. The molecular weight excluding hydrogens is 913 g/mol. The van der Waals surface area contributed by atoms with Crippen LogP contribution in [0.1, 0.15) is 348 Å². The van der Waals surface area contributed by atoms with Crippen LogP contribution in [0.4, 0.5) is 0 Å². The number of carbonyl (C=O) groups is 3. The number of unbranched alkanes of at least 4 members (excludes halogenated alkanes) is 41. The van der Waals surface area contributed by atoms with Gasteiger partial charge >= 0.3 is 17.9 Å². The van der Waals surface area contributed by atoms with E-state index in [0.29, 0.717) is 19.3 Å². The average Bonchev–Trinajstić information content (AvgIpc) is 3.40. The molecule has 0 aliphatic heterocycles. The average molecular weight is 1040 g/mol. The second-order valence-corrected chi connectivity index (χ2v) is 22.0. The monoisotopic (exact) mass is 1040 g/mol. The van der Waals surface area contributed by atoms with Gasteiger partial charge in [-0.2, -0.15) is 0 Å². The first-order valence-electron chi connectivity index (χ1n) is 32.6. The summed E-state index contributed by atoms with van der Waals surface area (Å²) < 4.78 is 16.9. The molecule has 432 valence electrons. The number of esters is 3. The molecular formula is C68H124O6. The SMILES string of the molecule is CCCCCCC/C=C\C/C=C\C/C=C\CCCCCCCCCCC(=O)OCC(COC(=O)CCCCCCC/C=C\CCCCCCCC)OC(=O)CCCCCCCCCCCCCCCCCCCC. The van der Waals surface area contributed by atoms with Gasteiger partial charge in [0, 0.05) is 19.3 Å². The van der Waals surface area contributed by atoms with E-state index in [-0.39, 0.29) is 31.1 Å². The van der Waals surface area contributed by atoms with Crippen LogP contribution in [-0.2, 0) is 28.6 Å². The van der Waals surface area contributed by atoms with Gasteiger partial charge in [0.2, 0.25) is 0 Å². The van der Waals surface area contributed by atoms with Gasteiger partial charge in [0.05, 0.1) is 0 Å². The van der Waals surface area contributed by atoms with E-state index in [2.05, 4.69) is 69.4 Å². The highest BCUT2D eigenvalue weighted by Crippen LogP contribution is 2.17. The summed E-state index contributed by atoms with van der Waals surface area (Å²) in [5.74, 6) is -0.869. The summed E-state index contributed by atoms with van der Waals surface area (Å²) in [6, 6.07) is 0. The van der Waals surface area contributed by atoms with Crippen LogP contribution >= 0.6 is 0 Å². The van der Waals surface area contributed by atoms with E-state index in [0.717, 1.165) is 83.5 Å². The van der Waals surface area contributed by atoms with Crippen molar-refractivity contribution < 1.29 is 28.6 Å². The lowest BCUT2D eigenvalue weighted by Crippen LogP contribution is -2.30. The first-order chi connectivity index (χ1) is 36.5. The van der Waals surface area contributed by atoms with Gasteiger partial charge in [-0.1, -0.05) is 294 Å². The zero-order valence-corrected chi connectivity index (χ0v) is 49.6. The molecule has 0 heterocycles. The predicted octanol–water partition coefficient (Wildman–Crippen LogP) is 22.2. The minimum absolute atomic E-state index is 0.0762. The van der Waals surface area contributed by atoms with Crippen LogP contribution < -0.4 is 0 Å². The van der Waals surface area contributed by atoms with Gasteiger partial charge in [0.1, 0.15) is 13.2 Å². The van der Waals surface area contributed by atoms with E-state index in [1.54, 1.807) is 0 Å². The molecule has 0 aromatic heterocycles. The smallest absolute Gasteiger partial charge is 0.306 e. The standard InChI is InChI=1S/C68H124O6/c1-4-7-10-13-16-19-22-25-28-30-32-33-34-35-36-38-40-43-46-49-52-55-58-61-67(70)73-64-65(63-72-66(69)60-57-54-51-48-45-42-39-27-24-21-18-15-12-9-6-3)74-68(71)62-59-56-53-50-47-44-41-37-31-29-26-23-20-17-14-11-8-5-2/h22,25,27,30,32,34-35,39,65H,4-21,23-24,26,28-29,31,33,36-38,40-64H2,1-3H3/b25-22-,32-30-,35-34-,39-27-. The summed E-state index contributed by atoms with van der Waals surface area (Å²) in [5.41, 5.74) is 0. The van der Waals surface area contributed by atoms with Crippen molar-refractivity contribution in [3.63, 3.8) is 0 Å². The molecule has 0 spiro atoms. The molecule has 6 heteroatoms. The molecule has 0 aliphatic rings. The summed E-state index contributed by atoms with van der Waals surface area (Å²) >= 11 is 0. The van der Waals surface area contributed by atoms with Gasteiger partial charge in [-0.25, -0.2) is 0 Å². The van der Waals surface area contributed by atoms with Gasteiger partial charge in [-0.05, 0) is 83.5 Å². The molecule has 0 rings (SSSR count). The van der Waals surface area contributed by atoms with E-state index in [1.165, 1.54) is 225 Å². The van der Waals surface area contributed by atoms with Crippen LogP contribution in [0.25, 0.3) is 0 Å². The van der Waals surface area contributed by atoms with E-state index in [1.807, 2.05) is 0 Å². The second-order valence-electron chi connectivity index (χ2n) is 22.0. The number of rotatable bonds is 60. The molecule has 0 aromatic carbocycles. The summed E-state index contributed by atoms with van der Waals surface area (Å²) in [7, 11) is 0. The maximum absolute atomic E-state index is 12.9. The highest BCUT2D eigenvalue weighted by Gasteiger charge is 2.19. The Bertz CT molecular complexity index is 1280. The maximum Gasteiger partial charge on any atom is 0.306 e. The van der Waals surface area contributed by atoms with Crippen LogP contribution in [0.15, 0.2) is 48.6 Å². The Morgan fingerprint density at radius 3 is 0.770 bits per heavy atom. The Hall–Kier alpha value is -2.63. The minimum atomic E-state index is -0.778. The minimum Gasteiger partial charge on any atom is -0.462 e. The summed E-state index contributed by atoms with van der Waals surface area (Å²) in [5, 5.41) is 0. The van der Waals surface area contributed by atoms with E-state index >= 15 is 0 Å². The van der Waals surface area contributed by atoms with Crippen molar-refractivity contribution in [1.29, 1.82) is 0 Å². The van der Waals surface area contributed by atoms with Crippen molar-refractivity contribution in [2.45, 2.75) is 354 Å². The fourth-order valence-electron chi connectivity index (χ4n) is 9.62. The highest BCUT2D eigenvalue weighted by atomic mass is 16.6. The van der Waals surface area contributed by atoms with Gasteiger partial charge in [0.15, 0.2) is 6.10 Å². The van der Waals surface area contributed by atoms with Gasteiger partial charge in [-0.15, -0.1) is 0 Å². The highest BCUT2D eigenvalue weighted by molar-refractivity contribution is 5.71. The number of hydrogen-bond donors (Lipinski definition) is 0. The molecule has 6 nitrogen and oxygen atoms in total. The molecule has 1 unspecified atom stereocenters. The Balaban J connectivity index is 4.34. The van der Waals surface area contributed by atoms with Crippen molar-refractivity contribution >= 4 is 17.9 Å². The molecule has 0 fully saturated rings. The largest absolute Gasteiger partial charge is 0.462 e. The third-order valence-electron chi connectivity index (χ3n) is 14.6. The lowest BCUT2D eigenvalue weighted by molar-refractivity contribution is -0.167. The Morgan fingerprint density at radius 1 is 0.270 bits per heavy atom. The van der Waals surface area contributed by atoms with Crippen LogP contribution in [-0.4, -0.2) is 37.2 Å². The van der Waals surface area contributed by atoms with Crippen LogP contribution in [0.3, 0.4) is 0 Å². The van der Waals surface area contributed by atoms with Crippen LogP contribution in [0.2, 0.25) is 0 Å². The van der Waals surface area contributed by atoms with Crippen molar-refractivity contribution in [2.75, 3.05) is 13.2 Å². The molecule has 1 atom stereocenters. The Labute approximate surface area is 460 Å². The molecule has 0 aromatic rings. The third kappa shape index (κ3) is 60.2. The number of ether oxygens (including phenoxy) is 3. The van der Waals surface area contributed by atoms with Crippen molar-refractivity contribution in [3.8, 4) is 0 Å². The molecule has 0 amide bonds. The van der Waals surface area contributed by atoms with Gasteiger partial charge in [0.25, 0.3) is 0 Å². The number of allylic oxidation sites excluding steroid dienone is 8. The van der Waals surface area contributed by atoms with Crippen molar-refractivity contribution in [1.82, 2.24) is 0 Å². The lowest BCUT2D eigenvalue weighted by atomic mass is 10.0. The maximum atomic E-state index is 12.9. The summed E-state index contributed by atoms with van der Waals surface area (Å²) in [6.45, 7) is 6.67.